The molecule has 6 nitrogen and oxygen atoms in total. The number of nitrogens with one attached hydrogen (secondary N) is 2. The maximum Gasteiger partial charge on any atom is 0.430 e. The average Bonchev–Trinajstić information content (AvgIpc) is 2.86. The number of H-pyrrole nitrogens is 1. The van der Waals surface area contributed by atoms with E-state index in [1.807, 2.05) is 31.2 Å². The third kappa shape index (κ3) is 3.55. The van der Waals surface area contributed by atoms with Gasteiger partial charge in [-0.3, -0.25) is 0 Å². The summed E-state index contributed by atoms with van der Waals surface area (Å²) in [6.45, 7) is 1.91. The maximum absolute atomic E-state index is 11.1. The molecular formula is C15H13F3N2O4. The highest BCUT2D eigenvalue weighted by Crippen LogP contribution is 2.24. The molecule has 0 radical (unpaired) electrons. The fraction of sp³-hybridized carbons (Fsp3) is 0.267. The Balaban J connectivity index is 0.000000256. The van der Waals surface area contributed by atoms with E-state index in [4.69, 9.17) is 15.0 Å². The lowest BCUT2D eigenvalue weighted by Crippen LogP contribution is -2.84. The molecular weight excluding hydrogens is 329 g/mol. The number of carboxylic acids is 2. The summed E-state index contributed by atoms with van der Waals surface area (Å²) < 4.78 is 31.5. The van der Waals surface area contributed by atoms with E-state index in [-0.39, 0.29) is 0 Å². The number of para-hydroxylation sites is 1. The van der Waals surface area contributed by atoms with Crippen LogP contribution in [-0.4, -0.2) is 40.0 Å². The smallest absolute Gasteiger partial charge is 0.430 e. The minimum atomic E-state index is -5.19. The summed E-state index contributed by atoms with van der Waals surface area (Å²) >= 11 is 0. The molecule has 0 saturated carbocycles. The first-order chi connectivity index (χ1) is 11.1. The fourth-order valence-electron chi connectivity index (χ4n) is 2.47. The molecule has 2 heterocycles. The van der Waals surface area contributed by atoms with Crippen molar-refractivity contribution >= 4 is 28.6 Å². The molecule has 1 atom stereocenters. The number of carbonyl (C=O) groups excluding carboxylic acids is 1. The number of benzene rings is 1. The maximum atomic E-state index is 11.1. The summed E-state index contributed by atoms with van der Waals surface area (Å²) in [5.74, 6) is -3.81. The molecule has 0 saturated heterocycles. The predicted molar refractivity (Wildman–Crippen MR) is 75.2 cm³/mol. The zero-order valence-corrected chi connectivity index (χ0v) is 12.4. The van der Waals surface area contributed by atoms with Crippen LogP contribution in [0.5, 0.6) is 0 Å². The third-order valence-electron chi connectivity index (χ3n) is 3.52. The third-order valence-corrected chi connectivity index (χ3v) is 3.52. The van der Waals surface area contributed by atoms with Gasteiger partial charge in [-0.25, -0.2) is 9.79 Å². The molecule has 1 aliphatic rings. The van der Waals surface area contributed by atoms with E-state index >= 15 is 0 Å². The Morgan fingerprint density at radius 3 is 2.46 bits per heavy atom. The van der Waals surface area contributed by atoms with Crippen molar-refractivity contribution in [1.29, 1.82) is 0 Å². The van der Waals surface area contributed by atoms with Gasteiger partial charge in [0.05, 0.1) is 0 Å². The van der Waals surface area contributed by atoms with Crippen LogP contribution < -0.4 is 10.1 Å². The highest BCUT2D eigenvalue weighted by Gasteiger charge is 2.32. The number of fused-ring (bicyclic) bond motifs is 3. The zero-order chi connectivity index (χ0) is 18.1. The van der Waals surface area contributed by atoms with Gasteiger partial charge in [0.2, 0.25) is 0 Å². The first-order valence-corrected chi connectivity index (χ1v) is 6.82. The summed E-state index contributed by atoms with van der Waals surface area (Å²) in [5.41, 5.74) is 4.09. The van der Waals surface area contributed by atoms with Crippen molar-refractivity contribution in [2.75, 3.05) is 0 Å². The number of carbonyl (C=O) groups is 2. The van der Waals surface area contributed by atoms with Crippen molar-refractivity contribution < 1.29 is 38.0 Å². The van der Waals surface area contributed by atoms with E-state index in [1.54, 1.807) is 0 Å². The van der Waals surface area contributed by atoms with Crippen molar-refractivity contribution in [3.05, 3.63) is 35.5 Å². The Kier molecular flexibility index (Phi) is 4.63. The molecule has 0 amide bonds. The fourth-order valence-corrected chi connectivity index (χ4v) is 2.47. The molecule has 0 fully saturated rings. The van der Waals surface area contributed by atoms with Gasteiger partial charge >= 0.3 is 12.1 Å². The lowest BCUT2D eigenvalue weighted by molar-refractivity contribution is -0.491. The van der Waals surface area contributed by atoms with Gasteiger partial charge in [-0.05, 0) is 11.6 Å². The number of aromatic amines is 1. The zero-order valence-electron chi connectivity index (χ0n) is 12.4. The molecule has 1 aromatic carbocycles. The van der Waals surface area contributed by atoms with Gasteiger partial charge in [0, 0.05) is 24.2 Å². The molecule has 1 aromatic heterocycles. The number of aliphatic carboxylic acids is 2. The van der Waals surface area contributed by atoms with Crippen molar-refractivity contribution in [2.24, 2.45) is 0 Å². The van der Waals surface area contributed by atoms with Crippen molar-refractivity contribution in [3.8, 4) is 0 Å². The highest BCUT2D eigenvalue weighted by molar-refractivity contribution is 6.02. The van der Waals surface area contributed by atoms with Crippen LogP contribution in [0.4, 0.5) is 13.2 Å². The Labute approximate surface area is 133 Å². The Morgan fingerprint density at radius 1 is 1.33 bits per heavy atom. The van der Waals surface area contributed by atoms with Crippen molar-refractivity contribution in [2.45, 2.75) is 25.6 Å². The minimum absolute atomic E-state index is 0.520. The van der Waals surface area contributed by atoms with Crippen LogP contribution in [0.15, 0.2) is 24.3 Å². The summed E-state index contributed by atoms with van der Waals surface area (Å²) in [6.07, 6.45) is -4.67. The van der Waals surface area contributed by atoms with Crippen LogP contribution in [0.3, 0.4) is 0 Å². The molecule has 128 valence electrons. The normalized spacial score (nSPS) is 16.7. The van der Waals surface area contributed by atoms with Crippen LogP contribution >= 0.6 is 0 Å². The van der Waals surface area contributed by atoms with Gasteiger partial charge in [0.1, 0.15) is 11.7 Å². The predicted octanol–water partition coefficient (Wildman–Crippen LogP) is -0.635. The molecule has 24 heavy (non-hydrogen) atoms. The second kappa shape index (κ2) is 6.34. The second-order valence-electron chi connectivity index (χ2n) is 5.17. The highest BCUT2D eigenvalue weighted by atomic mass is 19.4. The SMILES string of the molecule is CC1=[NH+]C(C(=O)O)Cc2c1[nH]c1ccccc21.O=C([O-])C(F)(F)F. The summed E-state index contributed by atoms with van der Waals surface area (Å²) in [6, 6.07) is 7.46. The van der Waals surface area contributed by atoms with Gasteiger partial charge in [0.25, 0.3) is 6.04 Å². The van der Waals surface area contributed by atoms with Crippen LogP contribution in [0.2, 0.25) is 0 Å². The van der Waals surface area contributed by atoms with Gasteiger partial charge in [-0.2, -0.15) is 13.2 Å². The van der Waals surface area contributed by atoms with Gasteiger partial charge in [-0.1, -0.05) is 18.2 Å². The number of carboxylic acid groups (broad SMARTS) is 2. The average molecular weight is 342 g/mol. The molecule has 0 bridgehead atoms. The standard InChI is InChI=1S/C13H12N2O2.C2HF3O2/c1-7-12-9(6-11(14-7)13(16)17)8-4-2-3-5-10(8)15-12;3-2(4,5)1(6)7/h2-5,11,15H,6H2,1H3,(H,16,17);(H,6,7). The van der Waals surface area contributed by atoms with E-state index in [0.29, 0.717) is 6.42 Å². The lowest BCUT2D eigenvalue weighted by Gasteiger charge is -2.10. The van der Waals surface area contributed by atoms with Crippen molar-refractivity contribution in [1.82, 2.24) is 4.98 Å². The van der Waals surface area contributed by atoms with E-state index in [1.165, 1.54) is 0 Å². The van der Waals surface area contributed by atoms with Gasteiger partial charge in [-0.15, -0.1) is 0 Å². The first kappa shape index (κ1) is 17.5. The molecule has 0 spiro atoms. The summed E-state index contributed by atoms with van der Waals surface area (Å²) in [7, 11) is 0. The number of halogens is 3. The monoisotopic (exact) mass is 342 g/mol. The molecule has 1 aliphatic heterocycles. The Morgan fingerprint density at radius 2 is 1.92 bits per heavy atom. The molecule has 0 aliphatic carbocycles. The first-order valence-electron chi connectivity index (χ1n) is 6.82. The largest absolute Gasteiger partial charge is 0.542 e. The van der Waals surface area contributed by atoms with Gasteiger partial charge in [0.15, 0.2) is 5.71 Å². The summed E-state index contributed by atoms with van der Waals surface area (Å²) in [5, 5.41) is 19.0. The topological polar surface area (TPSA) is 107 Å². The van der Waals surface area contributed by atoms with E-state index in [0.717, 1.165) is 27.9 Å². The van der Waals surface area contributed by atoms with Crippen molar-refractivity contribution in [3.63, 3.8) is 0 Å². The van der Waals surface area contributed by atoms with Crippen LogP contribution in [0.25, 0.3) is 10.9 Å². The molecule has 3 N–H and O–H groups in total. The quantitative estimate of drug-likeness (QED) is 0.641. The summed E-state index contributed by atoms with van der Waals surface area (Å²) in [4.78, 5) is 26.2. The molecule has 2 aromatic rings. The Bertz CT molecular complexity index is 824. The van der Waals surface area contributed by atoms with E-state index in [9.17, 15) is 18.0 Å². The van der Waals surface area contributed by atoms with Crippen LogP contribution in [-0.2, 0) is 16.0 Å². The lowest BCUT2D eigenvalue weighted by atomic mass is 9.98. The molecule has 1 unspecified atom stereocenters. The van der Waals surface area contributed by atoms with Crippen LogP contribution in [0, 0.1) is 0 Å². The van der Waals surface area contributed by atoms with E-state index in [2.05, 4.69) is 9.98 Å². The number of rotatable bonds is 1. The Hall–Kier alpha value is -2.84. The molecule has 9 heteroatoms. The number of alkyl halides is 3. The van der Waals surface area contributed by atoms with Crippen LogP contribution in [0.1, 0.15) is 18.2 Å². The number of hydrogen-bond donors (Lipinski definition) is 3. The number of hydrogen-bond acceptors (Lipinski definition) is 3. The van der Waals surface area contributed by atoms with Gasteiger partial charge < -0.3 is 20.0 Å². The second-order valence-corrected chi connectivity index (χ2v) is 5.17. The van der Waals surface area contributed by atoms with E-state index < -0.39 is 24.2 Å². The minimum Gasteiger partial charge on any atom is -0.542 e. The number of aromatic nitrogens is 1. The molecule has 3 rings (SSSR count).